The van der Waals surface area contributed by atoms with Crippen LogP contribution in [0.2, 0.25) is 0 Å². The van der Waals surface area contributed by atoms with Gasteiger partial charge >= 0.3 is 0 Å². The fourth-order valence-electron chi connectivity index (χ4n) is 3.70. The number of hydrogen-bond donors (Lipinski definition) is 3. The van der Waals surface area contributed by atoms with Gasteiger partial charge in [-0.1, -0.05) is 23.8 Å². The normalized spacial score (nSPS) is 11.9. The van der Waals surface area contributed by atoms with Gasteiger partial charge < -0.3 is 15.1 Å². The lowest BCUT2D eigenvalue weighted by Crippen LogP contribution is -1.85. The topological polar surface area (TPSA) is 68.9 Å². The zero-order valence-electron chi connectivity index (χ0n) is 13.0. The summed E-state index contributed by atoms with van der Waals surface area (Å²) in [6.07, 6.45) is 0.893. The summed E-state index contributed by atoms with van der Waals surface area (Å²) >= 11 is 0. The molecule has 0 atom stereocenters. The molecule has 2 aromatic heterocycles. The van der Waals surface area contributed by atoms with Gasteiger partial charge in [0.25, 0.3) is 0 Å². The van der Waals surface area contributed by atoms with Crippen LogP contribution in [-0.2, 0) is 0 Å². The molecule has 0 aliphatic heterocycles. The fraction of sp³-hybridized carbons (Fsp3) is 0.0500. The number of phenols is 1. The number of carbonyl (C=O) groups is 1. The molecule has 4 nitrogen and oxygen atoms in total. The van der Waals surface area contributed by atoms with E-state index in [9.17, 15) is 9.90 Å². The van der Waals surface area contributed by atoms with Gasteiger partial charge in [-0.05, 0) is 31.2 Å². The molecule has 4 heteroatoms. The SMILES string of the molecule is Cc1ccc2[nH]c3c(C=O)c4c(cc3c2c1)[nH]c1c(O)cccc14. The lowest BCUT2D eigenvalue weighted by atomic mass is 10.0. The number of aromatic nitrogens is 2. The van der Waals surface area contributed by atoms with Crippen LogP contribution in [0, 0.1) is 6.92 Å². The van der Waals surface area contributed by atoms with Gasteiger partial charge in [-0.25, -0.2) is 0 Å². The first kappa shape index (κ1) is 13.2. The van der Waals surface area contributed by atoms with E-state index in [1.54, 1.807) is 12.1 Å². The van der Waals surface area contributed by atoms with Crippen LogP contribution in [0.1, 0.15) is 15.9 Å². The first-order chi connectivity index (χ1) is 11.7. The minimum absolute atomic E-state index is 0.185. The third-order valence-electron chi connectivity index (χ3n) is 4.78. The van der Waals surface area contributed by atoms with E-state index in [0.29, 0.717) is 11.1 Å². The second-order valence-electron chi connectivity index (χ2n) is 6.25. The monoisotopic (exact) mass is 314 g/mol. The zero-order valence-corrected chi connectivity index (χ0v) is 13.0. The summed E-state index contributed by atoms with van der Waals surface area (Å²) in [4.78, 5) is 18.5. The van der Waals surface area contributed by atoms with Crippen LogP contribution in [0.15, 0.2) is 42.5 Å². The number of nitrogens with one attached hydrogen (secondary N) is 2. The van der Waals surface area contributed by atoms with Crippen molar-refractivity contribution in [3.8, 4) is 5.75 Å². The van der Waals surface area contributed by atoms with E-state index in [1.165, 1.54) is 5.56 Å². The Morgan fingerprint density at radius 1 is 0.917 bits per heavy atom. The molecule has 3 N–H and O–H groups in total. The number of H-pyrrole nitrogens is 2. The van der Waals surface area contributed by atoms with Gasteiger partial charge in [-0.3, -0.25) is 4.79 Å². The molecule has 0 saturated heterocycles. The average Bonchev–Trinajstić information content (AvgIpc) is 3.12. The maximum atomic E-state index is 11.9. The number of hydrogen-bond acceptors (Lipinski definition) is 2. The van der Waals surface area contributed by atoms with E-state index in [0.717, 1.165) is 44.4 Å². The molecule has 116 valence electrons. The number of rotatable bonds is 1. The number of carbonyl (C=O) groups excluding carboxylic acids is 1. The molecule has 0 fully saturated rings. The standard InChI is InChI=1S/C20H14N2O2/c1-10-5-6-15-12(7-10)13-8-16-18(14(9-23)19(13)21-15)11-3-2-4-17(24)20(11)22-16/h2-9,21-22,24H,1H3. The molecule has 0 bridgehead atoms. The quantitative estimate of drug-likeness (QED) is 0.390. The first-order valence-corrected chi connectivity index (χ1v) is 7.81. The molecular weight excluding hydrogens is 300 g/mol. The Labute approximate surface area is 136 Å². The summed E-state index contributed by atoms with van der Waals surface area (Å²) in [5.74, 6) is 0.185. The van der Waals surface area contributed by atoms with Gasteiger partial charge in [0.05, 0.1) is 11.0 Å². The molecule has 5 rings (SSSR count). The number of aryl methyl sites for hydroxylation is 1. The highest BCUT2D eigenvalue weighted by molar-refractivity contribution is 6.25. The van der Waals surface area contributed by atoms with Crippen LogP contribution in [0.4, 0.5) is 0 Å². The van der Waals surface area contributed by atoms with Crippen molar-refractivity contribution in [2.45, 2.75) is 6.92 Å². The highest BCUT2D eigenvalue weighted by Crippen LogP contribution is 2.38. The minimum atomic E-state index is 0.185. The van der Waals surface area contributed by atoms with Crippen molar-refractivity contribution < 1.29 is 9.90 Å². The molecule has 0 aliphatic rings. The summed E-state index contributed by atoms with van der Waals surface area (Å²) in [7, 11) is 0. The zero-order chi connectivity index (χ0) is 16.4. The van der Waals surface area contributed by atoms with Crippen molar-refractivity contribution in [3.05, 3.63) is 53.6 Å². The Balaban J connectivity index is 2.09. The van der Waals surface area contributed by atoms with Crippen LogP contribution in [0.25, 0.3) is 43.6 Å². The molecule has 5 aromatic rings. The van der Waals surface area contributed by atoms with Crippen LogP contribution in [0.5, 0.6) is 5.75 Å². The van der Waals surface area contributed by atoms with E-state index in [-0.39, 0.29) is 5.75 Å². The van der Waals surface area contributed by atoms with Gasteiger partial charge in [0.1, 0.15) is 5.75 Å². The van der Waals surface area contributed by atoms with E-state index < -0.39 is 0 Å². The average molecular weight is 314 g/mol. The Hall–Kier alpha value is -3.27. The second kappa shape index (κ2) is 4.38. The lowest BCUT2D eigenvalue weighted by molar-refractivity contribution is 0.112. The summed E-state index contributed by atoms with van der Waals surface area (Å²) in [6.45, 7) is 2.05. The number of aldehydes is 1. The Kier molecular flexibility index (Phi) is 2.41. The Morgan fingerprint density at radius 3 is 2.58 bits per heavy atom. The van der Waals surface area contributed by atoms with Gasteiger partial charge in [0.2, 0.25) is 0 Å². The summed E-state index contributed by atoms with van der Waals surface area (Å²) in [5.41, 5.74) is 5.15. The Bertz CT molecular complexity index is 1290. The largest absolute Gasteiger partial charge is 0.506 e. The van der Waals surface area contributed by atoms with Crippen molar-refractivity contribution in [1.29, 1.82) is 0 Å². The molecule has 3 aromatic carbocycles. The molecule has 0 unspecified atom stereocenters. The number of aromatic amines is 2. The first-order valence-electron chi connectivity index (χ1n) is 7.81. The van der Waals surface area contributed by atoms with Gasteiger partial charge in [-0.2, -0.15) is 0 Å². The van der Waals surface area contributed by atoms with Crippen LogP contribution in [0.3, 0.4) is 0 Å². The van der Waals surface area contributed by atoms with Gasteiger partial charge in [0.15, 0.2) is 6.29 Å². The minimum Gasteiger partial charge on any atom is -0.506 e. The number of benzene rings is 3. The smallest absolute Gasteiger partial charge is 0.152 e. The predicted molar refractivity (Wildman–Crippen MR) is 97.0 cm³/mol. The Morgan fingerprint density at radius 2 is 1.75 bits per heavy atom. The molecule has 0 aliphatic carbocycles. The molecule has 0 spiro atoms. The molecular formula is C20H14N2O2. The van der Waals surface area contributed by atoms with Crippen molar-refractivity contribution in [3.63, 3.8) is 0 Å². The molecule has 2 heterocycles. The molecule has 0 saturated carbocycles. The predicted octanol–water partition coefficient (Wildman–Crippen LogP) is 4.78. The molecule has 24 heavy (non-hydrogen) atoms. The van der Waals surface area contributed by atoms with Crippen LogP contribution >= 0.6 is 0 Å². The van der Waals surface area contributed by atoms with E-state index >= 15 is 0 Å². The number of phenolic OH excluding ortho intramolecular Hbond substituents is 1. The number of para-hydroxylation sites is 1. The third-order valence-corrected chi connectivity index (χ3v) is 4.78. The second-order valence-corrected chi connectivity index (χ2v) is 6.25. The highest BCUT2D eigenvalue weighted by atomic mass is 16.3. The van der Waals surface area contributed by atoms with Gasteiger partial charge in [0, 0.05) is 38.1 Å². The molecule has 0 amide bonds. The highest BCUT2D eigenvalue weighted by Gasteiger charge is 2.17. The third kappa shape index (κ3) is 1.55. The maximum Gasteiger partial charge on any atom is 0.152 e. The molecule has 0 radical (unpaired) electrons. The number of fused-ring (bicyclic) bond motifs is 6. The maximum absolute atomic E-state index is 11.9. The van der Waals surface area contributed by atoms with Gasteiger partial charge in [-0.15, -0.1) is 0 Å². The summed E-state index contributed by atoms with van der Waals surface area (Å²) in [6, 6.07) is 13.6. The van der Waals surface area contributed by atoms with Crippen LogP contribution < -0.4 is 0 Å². The van der Waals surface area contributed by atoms with Crippen molar-refractivity contribution in [1.82, 2.24) is 9.97 Å². The van der Waals surface area contributed by atoms with Crippen molar-refractivity contribution in [2.24, 2.45) is 0 Å². The fourth-order valence-corrected chi connectivity index (χ4v) is 3.70. The van der Waals surface area contributed by atoms with E-state index in [1.807, 2.05) is 12.1 Å². The number of aromatic hydroxyl groups is 1. The summed E-state index contributed by atoms with van der Waals surface area (Å²) in [5, 5.41) is 13.9. The van der Waals surface area contributed by atoms with E-state index in [2.05, 4.69) is 35.1 Å². The van der Waals surface area contributed by atoms with Crippen molar-refractivity contribution in [2.75, 3.05) is 0 Å². The van der Waals surface area contributed by atoms with E-state index in [4.69, 9.17) is 0 Å². The van der Waals surface area contributed by atoms with Crippen LogP contribution in [-0.4, -0.2) is 21.4 Å². The summed E-state index contributed by atoms with van der Waals surface area (Å²) < 4.78 is 0. The lowest BCUT2D eigenvalue weighted by Gasteiger charge is -2.00. The van der Waals surface area contributed by atoms with Crippen molar-refractivity contribution >= 4 is 49.9 Å².